The van der Waals surface area contributed by atoms with Crippen LogP contribution in [0.1, 0.15) is 17.7 Å². The summed E-state index contributed by atoms with van der Waals surface area (Å²) < 4.78 is 0. The van der Waals surface area contributed by atoms with Crippen LogP contribution in [0, 0.1) is 0 Å². The highest BCUT2D eigenvalue weighted by molar-refractivity contribution is 5.85. The fourth-order valence-corrected chi connectivity index (χ4v) is 1.57. The van der Waals surface area contributed by atoms with Gasteiger partial charge in [0.15, 0.2) is 0 Å². The highest BCUT2D eigenvalue weighted by atomic mass is 35.5. The van der Waals surface area contributed by atoms with E-state index in [4.69, 9.17) is 5.73 Å². The quantitative estimate of drug-likeness (QED) is 0.621. The molecule has 2 rings (SSSR count). The van der Waals surface area contributed by atoms with Crippen molar-refractivity contribution in [2.24, 2.45) is 5.73 Å². The first-order chi connectivity index (χ1) is 5.75. The summed E-state index contributed by atoms with van der Waals surface area (Å²) in [6.45, 7) is 0. The third-order valence-electron chi connectivity index (χ3n) is 2.23. The van der Waals surface area contributed by atoms with Crippen molar-refractivity contribution in [3.63, 3.8) is 0 Å². The van der Waals surface area contributed by atoms with E-state index in [-0.39, 0.29) is 24.1 Å². The van der Waals surface area contributed by atoms with Gasteiger partial charge in [-0.05, 0) is 24.8 Å². The molecule has 13 heavy (non-hydrogen) atoms. The zero-order valence-corrected chi connectivity index (χ0v) is 7.93. The van der Waals surface area contributed by atoms with E-state index in [1.807, 2.05) is 0 Å². The van der Waals surface area contributed by atoms with E-state index in [1.165, 1.54) is 0 Å². The van der Waals surface area contributed by atoms with Crippen LogP contribution in [0.4, 0.5) is 0 Å². The molecule has 0 spiro atoms. The number of nitrogens with one attached hydrogen (secondary N) is 1. The SMILES string of the molecule is Cl.NC1CCc2[nH]c(=O)ncc2C1. The Balaban J connectivity index is 0.000000845. The number of fused-ring (bicyclic) bond motifs is 1. The third kappa shape index (κ3) is 2.08. The minimum absolute atomic E-state index is 0. The first-order valence-electron chi connectivity index (χ1n) is 4.08. The third-order valence-corrected chi connectivity index (χ3v) is 2.23. The average Bonchev–Trinajstić information content (AvgIpc) is 2.05. The number of aromatic amines is 1. The largest absolute Gasteiger partial charge is 0.345 e. The lowest BCUT2D eigenvalue weighted by Gasteiger charge is -2.19. The van der Waals surface area contributed by atoms with Gasteiger partial charge >= 0.3 is 5.69 Å². The summed E-state index contributed by atoms with van der Waals surface area (Å²) in [6, 6.07) is 0.227. The highest BCUT2D eigenvalue weighted by Gasteiger charge is 2.15. The van der Waals surface area contributed by atoms with Crippen molar-refractivity contribution >= 4 is 12.4 Å². The van der Waals surface area contributed by atoms with Gasteiger partial charge in [0.05, 0.1) is 0 Å². The van der Waals surface area contributed by atoms with Crippen molar-refractivity contribution in [2.45, 2.75) is 25.3 Å². The number of aromatic nitrogens is 2. The first-order valence-corrected chi connectivity index (χ1v) is 4.08. The zero-order valence-electron chi connectivity index (χ0n) is 7.12. The van der Waals surface area contributed by atoms with E-state index in [9.17, 15) is 4.79 Å². The van der Waals surface area contributed by atoms with Crippen molar-refractivity contribution in [1.29, 1.82) is 0 Å². The fourth-order valence-electron chi connectivity index (χ4n) is 1.57. The molecule has 1 aromatic heterocycles. The topological polar surface area (TPSA) is 71.8 Å². The molecule has 1 aromatic rings. The van der Waals surface area contributed by atoms with Crippen molar-refractivity contribution < 1.29 is 0 Å². The summed E-state index contributed by atoms with van der Waals surface area (Å²) >= 11 is 0. The second-order valence-corrected chi connectivity index (χ2v) is 3.20. The maximum absolute atomic E-state index is 10.8. The molecular weight excluding hydrogens is 190 g/mol. The van der Waals surface area contributed by atoms with Gasteiger partial charge in [-0.3, -0.25) is 0 Å². The molecule has 0 saturated heterocycles. The normalized spacial score (nSPS) is 20.2. The molecule has 0 saturated carbocycles. The smallest absolute Gasteiger partial charge is 0.327 e. The van der Waals surface area contributed by atoms with Crippen LogP contribution in [0.15, 0.2) is 11.0 Å². The molecule has 0 fully saturated rings. The summed E-state index contributed by atoms with van der Waals surface area (Å²) in [5.41, 5.74) is 7.61. The van der Waals surface area contributed by atoms with Crippen molar-refractivity contribution in [3.8, 4) is 0 Å². The molecule has 3 N–H and O–H groups in total. The lowest BCUT2D eigenvalue weighted by atomic mass is 9.94. The van der Waals surface area contributed by atoms with Crippen molar-refractivity contribution in [3.05, 3.63) is 27.9 Å². The number of aryl methyl sites for hydroxylation is 1. The van der Waals surface area contributed by atoms with Crippen LogP contribution in [0.3, 0.4) is 0 Å². The molecule has 72 valence electrons. The van der Waals surface area contributed by atoms with Gasteiger partial charge < -0.3 is 10.7 Å². The van der Waals surface area contributed by atoms with E-state index in [1.54, 1.807) is 6.20 Å². The Morgan fingerprint density at radius 3 is 3.15 bits per heavy atom. The van der Waals surface area contributed by atoms with E-state index in [0.29, 0.717) is 0 Å². The number of hydrogen-bond donors (Lipinski definition) is 2. The van der Waals surface area contributed by atoms with Crippen LogP contribution in [-0.2, 0) is 12.8 Å². The standard InChI is InChI=1S/C8H11N3O.ClH/c9-6-1-2-7-5(3-6)4-10-8(12)11-7;/h4,6H,1-3,9H2,(H,10,11,12);1H. The summed E-state index contributed by atoms with van der Waals surface area (Å²) in [4.78, 5) is 17.2. The van der Waals surface area contributed by atoms with Gasteiger partial charge in [0.25, 0.3) is 0 Å². The van der Waals surface area contributed by atoms with Crippen molar-refractivity contribution in [2.75, 3.05) is 0 Å². The number of H-pyrrole nitrogens is 1. The van der Waals surface area contributed by atoms with Gasteiger partial charge in [0.1, 0.15) is 0 Å². The molecule has 1 unspecified atom stereocenters. The molecule has 4 nitrogen and oxygen atoms in total. The predicted molar refractivity (Wildman–Crippen MR) is 52.1 cm³/mol. The van der Waals surface area contributed by atoms with E-state index in [2.05, 4.69) is 9.97 Å². The van der Waals surface area contributed by atoms with Crippen LogP contribution in [0.25, 0.3) is 0 Å². The fraction of sp³-hybridized carbons (Fsp3) is 0.500. The Morgan fingerprint density at radius 1 is 1.62 bits per heavy atom. The van der Waals surface area contributed by atoms with Crippen molar-refractivity contribution in [1.82, 2.24) is 9.97 Å². The van der Waals surface area contributed by atoms with Gasteiger partial charge in [-0.25, -0.2) is 9.78 Å². The lowest BCUT2D eigenvalue weighted by molar-refractivity contribution is 0.561. The molecule has 0 amide bonds. The molecule has 1 aliphatic carbocycles. The lowest BCUT2D eigenvalue weighted by Crippen LogP contribution is -2.30. The van der Waals surface area contributed by atoms with Crippen LogP contribution in [-0.4, -0.2) is 16.0 Å². The molecule has 0 aliphatic heterocycles. The predicted octanol–water partition coefficient (Wildman–Crippen LogP) is 0.00770. The molecule has 5 heteroatoms. The van der Waals surface area contributed by atoms with Gasteiger partial charge in [0, 0.05) is 17.9 Å². The number of hydrogen-bond acceptors (Lipinski definition) is 3. The number of rotatable bonds is 0. The molecular formula is C8H12ClN3O. The summed E-state index contributed by atoms with van der Waals surface area (Å²) in [5, 5.41) is 0. The Morgan fingerprint density at radius 2 is 2.38 bits per heavy atom. The first kappa shape index (κ1) is 10.2. The molecule has 1 aliphatic rings. The molecule has 1 heterocycles. The highest BCUT2D eigenvalue weighted by Crippen LogP contribution is 2.15. The van der Waals surface area contributed by atoms with Gasteiger partial charge in [-0.2, -0.15) is 0 Å². The average molecular weight is 202 g/mol. The zero-order chi connectivity index (χ0) is 8.55. The van der Waals surface area contributed by atoms with Gasteiger partial charge in [-0.1, -0.05) is 0 Å². The summed E-state index contributed by atoms with van der Waals surface area (Å²) in [6.07, 6.45) is 4.29. The number of nitrogens with zero attached hydrogens (tertiary/aromatic N) is 1. The molecule has 1 atom stereocenters. The minimum Gasteiger partial charge on any atom is -0.327 e. The second kappa shape index (κ2) is 3.89. The minimum atomic E-state index is -0.260. The van der Waals surface area contributed by atoms with E-state index >= 15 is 0 Å². The molecule has 0 bridgehead atoms. The summed E-state index contributed by atoms with van der Waals surface area (Å²) in [7, 11) is 0. The number of nitrogens with two attached hydrogens (primary N) is 1. The Labute approximate surface area is 82.0 Å². The number of halogens is 1. The van der Waals surface area contributed by atoms with Crippen LogP contribution < -0.4 is 11.4 Å². The van der Waals surface area contributed by atoms with Crippen LogP contribution >= 0.6 is 12.4 Å². The summed E-state index contributed by atoms with van der Waals surface area (Å²) in [5.74, 6) is 0. The maximum Gasteiger partial charge on any atom is 0.345 e. The Kier molecular flexibility index (Phi) is 3.06. The second-order valence-electron chi connectivity index (χ2n) is 3.20. The maximum atomic E-state index is 10.8. The van der Waals surface area contributed by atoms with E-state index < -0.39 is 0 Å². The Hall–Kier alpha value is -0.870. The molecule has 0 radical (unpaired) electrons. The van der Waals surface area contributed by atoms with Gasteiger partial charge in [-0.15, -0.1) is 12.4 Å². The Bertz CT molecular complexity index is 349. The van der Waals surface area contributed by atoms with Gasteiger partial charge in [0.2, 0.25) is 0 Å². The monoisotopic (exact) mass is 201 g/mol. The van der Waals surface area contributed by atoms with E-state index in [0.717, 1.165) is 30.5 Å². The molecule has 0 aromatic carbocycles. The van der Waals surface area contributed by atoms with Crippen LogP contribution in [0.5, 0.6) is 0 Å². The van der Waals surface area contributed by atoms with Crippen LogP contribution in [0.2, 0.25) is 0 Å².